The van der Waals surface area contributed by atoms with Crippen LogP contribution in [0.5, 0.6) is 5.75 Å². The Morgan fingerprint density at radius 1 is 0.750 bits per heavy atom. The summed E-state index contributed by atoms with van der Waals surface area (Å²) in [4.78, 5) is 20.8. The summed E-state index contributed by atoms with van der Waals surface area (Å²) < 4.78 is 16.1. The van der Waals surface area contributed by atoms with Crippen molar-refractivity contribution in [1.82, 2.24) is 0 Å². The number of aliphatic hydroxyl groups excluding tert-OH is 4. The molecule has 1 aliphatic rings. The van der Waals surface area contributed by atoms with Gasteiger partial charge in [-0.25, -0.2) is 0 Å². The summed E-state index contributed by atoms with van der Waals surface area (Å²) in [6, 6.07) is 29.8. The largest absolute Gasteiger partial charge is 0.481 e. The van der Waals surface area contributed by atoms with E-state index in [-0.39, 0.29) is 6.61 Å². The van der Waals surface area contributed by atoms with Gasteiger partial charge in [0.2, 0.25) is 0 Å². The Bertz CT molecular complexity index is 1780. The molecule has 0 amide bonds. The predicted molar refractivity (Wildman–Crippen MR) is 210 cm³/mol. The fourth-order valence-electron chi connectivity index (χ4n) is 5.41. The molecule has 1 fully saturated rings. The Hall–Kier alpha value is -4.85. The third-order valence-corrected chi connectivity index (χ3v) is 8.86. The SMILES string of the molecule is COCC#CCOc1ccc(Cc2cc([C@@H]3O[C@H](CO)[C@@H](O)[C@H](O)[C@H]3O)ccc2Cl)cc1.N[C@@H](Cc1ccccc1)C(=O)O.N[C@@H](Cc1ccccc1)C(=O)O. The highest BCUT2D eigenvalue weighted by Gasteiger charge is 2.44. The maximum atomic E-state index is 10.4. The average molecular weight is 793 g/mol. The summed E-state index contributed by atoms with van der Waals surface area (Å²) in [5, 5.41) is 57.5. The fourth-order valence-corrected chi connectivity index (χ4v) is 5.60. The maximum absolute atomic E-state index is 10.4. The Kier molecular flexibility index (Phi) is 19.5. The van der Waals surface area contributed by atoms with Gasteiger partial charge in [0.1, 0.15) is 61.6 Å². The van der Waals surface area contributed by atoms with Crippen LogP contribution in [-0.4, -0.2) is 106 Å². The lowest BCUT2D eigenvalue weighted by Crippen LogP contribution is -2.55. The van der Waals surface area contributed by atoms with E-state index in [2.05, 4.69) is 11.8 Å². The zero-order valence-corrected chi connectivity index (χ0v) is 31.6. The number of aliphatic hydroxyl groups is 4. The number of halogens is 1. The lowest BCUT2D eigenvalue weighted by molar-refractivity contribution is -0.231. The molecular weight excluding hydrogens is 744 g/mol. The lowest BCUT2D eigenvalue weighted by Gasteiger charge is -2.40. The topological polar surface area (TPSA) is 235 Å². The number of ether oxygens (including phenoxy) is 3. The Balaban J connectivity index is 0.000000285. The molecule has 1 heterocycles. The maximum Gasteiger partial charge on any atom is 0.320 e. The van der Waals surface area contributed by atoms with Gasteiger partial charge >= 0.3 is 11.9 Å². The molecule has 10 N–H and O–H groups in total. The molecule has 5 rings (SSSR count). The van der Waals surface area contributed by atoms with E-state index in [0.717, 1.165) is 22.3 Å². The van der Waals surface area contributed by atoms with Gasteiger partial charge in [0.25, 0.3) is 0 Å². The van der Waals surface area contributed by atoms with Crippen molar-refractivity contribution < 1.29 is 54.4 Å². The van der Waals surface area contributed by atoms with Gasteiger partial charge in [-0.2, -0.15) is 0 Å². The molecule has 7 atom stereocenters. The van der Waals surface area contributed by atoms with Crippen molar-refractivity contribution in [3.63, 3.8) is 0 Å². The summed E-state index contributed by atoms with van der Waals surface area (Å²) in [6.07, 6.45) is -4.75. The predicted octanol–water partition coefficient (Wildman–Crippen LogP) is 2.76. The van der Waals surface area contributed by atoms with Crippen LogP contribution >= 0.6 is 11.6 Å². The van der Waals surface area contributed by atoms with Gasteiger partial charge in [0.15, 0.2) is 0 Å². The van der Waals surface area contributed by atoms with Crippen LogP contribution < -0.4 is 16.2 Å². The summed E-state index contributed by atoms with van der Waals surface area (Å²) in [5.41, 5.74) is 15.0. The number of carboxylic acid groups (broad SMARTS) is 2. The second kappa shape index (κ2) is 23.9. The van der Waals surface area contributed by atoms with Crippen LogP contribution in [0.25, 0.3) is 0 Å². The minimum atomic E-state index is -1.43. The number of hydrogen-bond acceptors (Lipinski definition) is 11. The highest BCUT2D eigenvalue weighted by atomic mass is 35.5. The quantitative estimate of drug-likeness (QED) is 0.0911. The first kappa shape index (κ1) is 45.5. The zero-order valence-electron chi connectivity index (χ0n) is 30.9. The van der Waals surface area contributed by atoms with Crippen LogP contribution in [0.4, 0.5) is 0 Å². The third kappa shape index (κ3) is 15.0. The standard InChI is InChI=1S/C24H27ClO7.2C9H11NO2/c1-30-10-2-3-11-31-18-7-4-15(5-8-18)12-17-13-16(6-9-19(17)25)24-23(29)22(28)21(27)20(14-26)32-24;2*10-8(9(11)12)6-7-4-2-1-3-5-7/h4-9,13,20-24,26-29H,10-12,14H2,1H3;2*1-5,8H,6,10H2,(H,11,12)/t20-,21-,22+,23-,24+;2*8-/m100/s1. The second-order valence-electron chi connectivity index (χ2n) is 12.8. The van der Waals surface area contributed by atoms with E-state index in [4.69, 9.17) is 47.5 Å². The number of methoxy groups -OCH3 is 1. The number of hydrogen-bond donors (Lipinski definition) is 8. The molecule has 14 heteroatoms. The average Bonchev–Trinajstić information content (AvgIpc) is 3.20. The highest BCUT2D eigenvalue weighted by Crippen LogP contribution is 2.34. The van der Waals surface area contributed by atoms with Crippen LogP contribution in [0, 0.1) is 11.8 Å². The minimum absolute atomic E-state index is 0.273. The smallest absolute Gasteiger partial charge is 0.320 e. The number of aliphatic carboxylic acids is 2. The van der Waals surface area contributed by atoms with Crippen molar-refractivity contribution in [3.8, 4) is 17.6 Å². The first-order valence-electron chi connectivity index (χ1n) is 17.6. The van der Waals surface area contributed by atoms with Gasteiger partial charge in [-0.1, -0.05) is 108 Å². The first-order valence-corrected chi connectivity index (χ1v) is 18.0. The zero-order chi connectivity index (χ0) is 41.0. The molecule has 1 saturated heterocycles. The van der Waals surface area contributed by atoms with Gasteiger partial charge in [-0.15, -0.1) is 0 Å². The fraction of sp³-hybridized carbons (Fsp3) is 0.333. The number of benzene rings is 4. The molecule has 13 nitrogen and oxygen atoms in total. The van der Waals surface area contributed by atoms with Gasteiger partial charge in [0.05, 0.1) is 6.61 Å². The number of carboxylic acids is 2. The summed E-state index contributed by atoms with van der Waals surface area (Å²) in [6.45, 7) is 0.162. The minimum Gasteiger partial charge on any atom is -0.481 e. The Morgan fingerprint density at radius 2 is 1.29 bits per heavy atom. The molecule has 4 aromatic rings. The van der Waals surface area contributed by atoms with Gasteiger partial charge < -0.3 is 56.3 Å². The molecule has 4 aromatic carbocycles. The molecule has 0 unspecified atom stereocenters. The van der Waals surface area contributed by atoms with E-state index in [0.29, 0.717) is 42.2 Å². The van der Waals surface area contributed by atoms with Crippen molar-refractivity contribution in [3.05, 3.63) is 136 Å². The van der Waals surface area contributed by atoms with Crippen LogP contribution in [0.1, 0.15) is 33.9 Å². The van der Waals surface area contributed by atoms with E-state index in [1.54, 1.807) is 25.3 Å². The summed E-state index contributed by atoms with van der Waals surface area (Å²) in [7, 11) is 1.58. The van der Waals surface area contributed by atoms with Crippen LogP contribution in [0.15, 0.2) is 103 Å². The van der Waals surface area contributed by atoms with Crippen molar-refractivity contribution in [1.29, 1.82) is 0 Å². The van der Waals surface area contributed by atoms with E-state index in [1.165, 1.54) is 0 Å². The third-order valence-electron chi connectivity index (χ3n) is 8.49. The molecule has 0 aliphatic carbocycles. The monoisotopic (exact) mass is 792 g/mol. The lowest BCUT2D eigenvalue weighted by atomic mass is 9.90. The van der Waals surface area contributed by atoms with Crippen molar-refractivity contribution >= 4 is 23.5 Å². The molecule has 56 heavy (non-hydrogen) atoms. The molecule has 1 aliphatic heterocycles. The Morgan fingerprint density at radius 3 is 1.79 bits per heavy atom. The van der Waals surface area contributed by atoms with E-state index in [9.17, 15) is 30.0 Å². The molecule has 0 saturated carbocycles. The van der Waals surface area contributed by atoms with E-state index >= 15 is 0 Å². The van der Waals surface area contributed by atoms with Crippen LogP contribution in [0.2, 0.25) is 5.02 Å². The van der Waals surface area contributed by atoms with E-state index in [1.807, 2.05) is 84.9 Å². The van der Waals surface area contributed by atoms with Gasteiger partial charge in [0, 0.05) is 12.1 Å². The molecule has 0 bridgehead atoms. The first-order chi connectivity index (χ1) is 26.8. The van der Waals surface area contributed by atoms with Crippen molar-refractivity contribution in [2.75, 3.05) is 26.9 Å². The number of rotatable bonds is 13. The van der Waals surface area contributed by atoms with Gasteiger partial charge in [-0.05, 0) is 65.3 Å². The highest BCUT2D eigenvalue weighted by molar-refractivity contribution is 6.31. The van der Waals surface area contributed by atoms with Crippen molar-refractivity contribution in [2.24, 2.45) is 11.5 Å². The number of nitrogens with two attached hydrogens (primary N) is 2. The normalized spacial score (nSPS) is 19.7. The molecule has 0 radical (unpaired) electrons. The Labute approximate surface area is 331 Å². The molecule has 300 valence electrons. The van der Waals surface area contributed by atoms with Crippen LogP contribution in [0.3, 0.4) is 0 Å². The summed E-state index contributed by atoms with van der Waals surface area (Å²) >= 11 is 6.39. The molecular formula is C42H49ClN2O11. The second-order valence-corrected chi connectivity index (χ2v) is 13.2. The number of carbonyl (C=O) groups is 2. The van der Waals surface area contributed by atoms with E-state index < -0.39 is 61.1 Å². The molecule has 0 aromatic heterocycles. The molecule has 0 spiro atoms. The summed E-state index contributed by atoms with van der Waals surface area (Å²) in [5.74, 6) is 4.45. The van der Waals surface area contributed by atoms with Crippen LogP contribution in [-0.2, 0) is 38.3 Å². The van der Waals surface area contributed by atoms with Gasteiger partial charge in [-0.3, -0.25) is 9.59 Å². The van der Waals surface area contributed by atoms with Crippen molar-refractivity contribution in [2.45, 2.75) is 61.9 Å².